The maximum absolute atomic E-state index is 13.3. The van der Waals surface area contributed by atoms with Gasteiger partial charge in [0, 0.05) is 19.1 Å². The molecule has 0 bridgehead atoms. The van der Waals surface area contributed by atoms with Crippen molar-refractivity contribution in [3.05, 3.63) is 35.1 Å². The Bertz CT molecular complexity index is 386. The lowest BCUT2D eigenvalue weighted by Gasteiger charge is -2.28. The first-order chi connectivity index (χ1) is 8.70. The van der Waals surface area contributed by atoms with Crippen molar-refractivity contribution in [3.63, 3.8) is 0 Å². The highest BCUT2D eigenvalue weighted by molar-refractivity contribution is 5.24. The summed E-state index contributed by atoms with van der Waals surface area (Å²) in [6.45, 7) is 8.29. The summed E-state index contributed by atoms with van der Waals surface area (Å²) in [7, 11) is 0. The standard InChI is InChI=1S/C15H23FN2/c1-3-8-18(14-6-7-17-10-14)11-13-4-5-15(16)12(2)9-13/h4-5,9,14,17H,3,6-8,10-11H2,1-2H3. The van der Waals surface area contributed by atoms with Crippen molar-refractivity contribution in [2.75, 3.05) is 19.6 Å². The van der Waals surface area contributed by atoms with Crippen molar-refractivity contribution in [3.8, 4) is 0 Å². The molecular formula is C15H23FN2. The van der Waals surface area contributed by atoms with Crippen LogP contribution in [0, 0.1) is 12.7 Å². The molecule has 1 unspecified atom stereocenters. The lowest BCUT2D eigenvalue weighted by molar-refractivity contribution is 0.199. The van der Waals surface area contributed by atoms with Crippen LogP contribution < -0.4 is 5.32 Å². The summed E-state index contributed by atoms with van der Waals surface area (Å²) in [5.74, 6) is -0.108. The van der Waals surface area contributed by atoms with Crippen molar-refractivity contribution in [2.45, 2.75) is 39.3 Å². The summed E-state index contributed by atoms with van der Waals surface area (Å²) in [6, 6.07) is 6.10. The van der Waals surface area contributed by atoms with Crippen LogP contribution in [-0.2, 0) is 6.54 Å². The van der Waals surface area contributed by atoms with Gasteiger partial charge in [-0.05, 0) is 50.0 Å². The van der Waals surface area contributed by atoms with Gasteiger partial charge in [-0.25, -0.2) is 4.39 Å². The fourth-order valence-corrected chi connectivity index (χ4v) is 2.67. The van der Waals surface area contributed by atoms with Crippen molar-refractivity contribution in [1.29, 1.82) is 0 Å². The number of nitrogens with zero attached hydrogens (tertiary/aromatic N) is 1. The lowest BCUT2D eigenvalue weighted by Crippen LogP contribution is -2.36. The van der Waals surface area contributed by atoms with Crippen LogP contribution in [0.2, 0.25) is 0 Å². The number of benzene rings is 1. The average molecular weight is 250 g/mol. The molecule has 1 heterocycles. The third-order valence-corrected chi connectivity index (χ3v) is 3.67. The number of hydrogen-bond acceptors (Lipinski definition) is 2. The topological polar surface area (TPSA) is 15.3 Å². The molecule has 18 heavy (non-hydrogen) atoms. The van der Waals surface area contributed by atoms with Gasteiger partial charge in [-0.1, -0.05) is 19.1 Å². The quantitative estimate of drug-likeness (QED) is 0.864. The van der Waals surface area contributed by atoms with E-state index in [-0.39, 0.29) is 5.82 Å². The van der Waals surface area contributed by atoms with Gasteiger partial charge in [-0.3, -0.25) is 4.90 Å². The first-order valence-electron chi connectivity index (χ1n) is 6.90. The highest BCUT2D eigenvalue weighted by Crippen LogP contribution is 2.16. The van der Waals surface area contributed by atoms with E-state index in [4.69, 9.17) is 0 Å². The van der Waals surface area contributed by atoms with E-state index in [1.807, 2.05) is 19.1 Å². The maximum Gasteiger partial charge on any atom is 0.126 e. The minimum absolute atomic E-state index is 0.108. The Labute approximate surface area is 109 Å². The molecule has 0 aromatic heterocycles. The third-order valence-electron chi connectivity index (χ3n) is 3.67. The molecule has 1 fully saturated rings. The molecule has 1 N–H and O–H groups in total. The highest BCUT2D eigenvalue weighted by Gasteiger charge is 2.21. The Hall–Kier alpha value is -0.930. The zero-order valence-electron chi connectivity index (χ0n) is 11.4. The van der Waals surface area contributed by atoms with Crippen LogP contribution in [-0.4, -0.2) is 30.6 Å². The molecule has 1 aromatic rings. The lowest BCUT2D eigenvalue weighted by atomic mass is 10.1. The van der Waals surface area contributed by atoms with Crippen LogP contribution in [0.4, 0.5) is 4.39 Å². The molecule has 1 atom stereocenters. The Morgan fingerprint density at radius 3 is 2.89 bits per heavy atom. The van der Waals surface area contributed by atoms with Gasteiger partial charge in [0.2, 0.25) is 0 Å². The summed E-state index contributed by atoms with van der Waals surface area (Å²) >= 11 is 0. The molecule has 2 rings (SSSR count). The van der Waals surface area contributed by atoms with Gasteiger partial charge < -0.3 is 5.32 Å². The second kappa shape index (κ2) is 6.30. The van der Waals surface area contributed by atoms with E-state index >= 15 is 0 Å². The van der Waals surface area contributed by atoms with Crippen LogP contribution in [0.5, 0.6) is 0 Å². The second-order valence-corrected chi connectivity index (χ2v) is 5.20. The Morgan fingerprint density at radius 2 is 2.28 bits per heavy atom. The van der Waals surface area contributed by atoms with Crippen LogP contribution in [0.25, 0.3) is 0 Å². The van der Waals surface area contributed by atoms with Crippen LogP contribution in [0.1, 0.15) is 30.9 Å². The Balaban J connectivity index is 2.04. The molecule has 0 radical (unpaired) electrons. The minimum Gasteiger partial charge on any atom is -0.315 e. The SMILES string of the molecule is CCCN(Cc1ccc(F)c(C)c1)C1CCNC1. The fraction of sp³-hybridized carbons (Fsp3) is 0.600. The van der Waals surface area contributed by atoms with Gasteiger partial charge in [0.1, 0.15) is 5.82 Å². The molecule has 1 aliphatic heterocycles. The number of rotatable bonds is 5. The van der Waals surface area contributed by atoms with Crippen molar-refractivity contribution >= 4 is 0 Å². The monoisotopic (exact) mass is 250 g/mol. The molecule has 0 spiro atoms. The Morgan fingerprint density at radius 1 is 1.44 bits per heavy atom. The van der Waals surface area contributed by atoms with Gasteiger partial charge in [0.25, 0.3) is 0 Å². The molecule has 1 aliphatic rings. The highest BCUT2D eigenvalue weighted by atomic mass is 19.1. The summed E-state index contributed by atoms with van der Waals surface area (Å²) in [5.41, 5.74) is 1.96. The van der Waals surface area contributed by atoms with E-state index in [0.29, 0.717) is 6.04 Å². The normalized spacial score (nSPS) is 19.7. The maximum atomic E-state index is 13.3. The third kappa shape index (κ3) is 3.30. The number of nitrogens with one attached hydrogen (secondary N) is 1. The molecule has 0 saturated carbocycles. The molecule has 0 amide bonds. The predicted molar refractivity (Wildman–Crippen MR) is 73.1 cm³/mol. The average Bonchev–Trinajstić information content (AvgIpc) is 2.87. The molecule has 1 saturated heterocycles. The van der Waals surface area contributed by atoms with E-state index in [2.05, 4.69) is 17.1 Å². The van der Waals surface area contributed by atoms with Crippen LogP contribution in [0.3, 0.4) is 0 Å². The van der Waals surface area contributed by atoms with E-state index in [1.54, 1.807) is 6.07 Å². The van der Waals surface area contributed by atoms with Gasteiger partial charge in [0.05, 0.1) is 0 Å². The van der Waals surface area contributed by atoms with Gasteiger partial charge in [-0.15, -0.1) is 0 Å². The number of hydrogen-bond donors (Lipinski definition) is 1. The number of aryl methyl sites for hydroxylation is 1. The largest absolute Gasteiger partial charge is 0.315 e. The Kier molecular flexibility index (Phi) is 4.72. The van der Waals surface area contributed by atoms with Crippen LogP contribution in [0.15, 0.2) is 18.2 Å². The molecule has 100 valence electrons. The molecule has 3 heteroatoms. The second-order valence-electron chi connectivity index (χ2n) is 5.20. The fourth-order valence-electron chi connectivity index (χ4n) is 2.67. The minimum atomic E-state index is -0.108. The molecular weight excluding hydrogens is 227 g/mol. The smallest absolute Gasteiger partial charge is 0.126 e. The van der Waals surface area contributed by atoms with Gasteiger partial charge >= 0.3 is 0 Å². The first-order valence-corrected chi connectivity index (χ1v) is 6.90. The van der Waals surface area contributed by atoms with E-state index in [9.17, 15) is 4.39 Å². The van der Waals surface area contributed by atoms with Crippen molar-refractivity contribution < 1.29 is 4.39 Å². The van der Waals surface area contributed by atoms with Gasteiger partial charge in [0.15, 0.2) is 0 Å². The molecule has 1 aromatic carbocycles. The first kappa shape index (κ1) is 13.5. The van der Waals surface area contributed by atoms with E-state index in [0.717, 1.165) is 38.2 Å². The summed E-state index contributed by atoms with van der Waals surface area (Å²) in [6.07, 6.45) is 2.39. The van der Waals surface area contributed by atoms with Crippen molar-refractivity contribution in [1.82, 2.24) is 10.2 Å². The summed E-state index contributed by atoms with van der Waals surface area (Å²) < 4.78 is 13.3. The predicted octanol–water partition coefficient (Wildman–Crippen LogP) is 2.71. The van der Waals surface area contributed by atoms with Gasteiger partial charge in [-0.2, -0.15) is 0 Å². The molecule has 0 aliphatic carbocycles. The summed E-state index contributed by atoms with van der Waals surface area (Å²) in [5, 5.41) is 3.42. The van der Waals surface area contributed by atoms with E-state index < -0.39 is 0 Å². The molecule has 2 nitrogen and oxygen atoms in total. The van der Waals surface area contributed by atoms with Crippen molar-refractivity contribution in [2.24, 2.45) is 0 Å². The van der Waals surface area contributed by atoms with E-state index in [1.165, 1.54) is 12.0 Å². The zero-order valence-corrected chi connectivity index (χ0v) is 11.4. The zero-order chi connectivity index (χ0) is 13.0. The summed E-state index contributed by atoms with van der Waals surface area (Å²) in [4.78, 5) is 2.52. The van der Waals surface area contributed by atoms with Crippen LogP contribution >= 0.6 is 0 Å². The number of halogens is 1.